The summed E-state index contributed by atoms with van der Waals surface area (Å²) in [4.78, 5) is 22.7. The first-order chi connectivity index (χ1) is 9.32. The van der Waals surface area contributed by atoms with Crippen LogP contribution in [0.1, 0.15) is 13.8 Å². The van der Waals surface area contributed by atoms with Gasteiger partial charge in [0.15, 0.2) is 12.1 Å². The average Bonchev–Trinajstić information content (AvgIpc) is 2.37. The second kappa shape index (κ2) is 7.12. The van der Waals surface area contributed by atoms with Crippen molar-refractivity contribution in [1.82, 2.24) is 5.32 Å². The number of carbonyl (C=O) groups is 2. The van der Waals surface area contributed by atoms with Crippen LogP contribution >= 0.6 is 11.6 Å². The third-order valence-corrected chi connectivity index (χ3v) is 2.87. The maximum atomic E-state index is 11.8. The third-order valence-electron chi connectivity index (χ3n) is 2.56. The van der Waals surface area contributed by atoms with Gasteiger partial charge in [-0.3, -0.25) is 4.79 Å². The maximum absolute atomic E-state index is 11.8. The number of ether oxygens (including phenoxy) is 1. The van der Waals surface area contributed by atoms with Gasteiger partial charge in [0.2, 0.25) is 0 Å². The fraction of sp³-hybridized carbons (Fsp3) is 0.385. The lowest BCUT2D eigenvalue weighted by atomic mass is 10.2. The molecule has 0 aliphatic carbocycles. The number of aliphatic carboxylic acids is 1. The molecule has 1 aromatic rings. The molecule has 1 aromatic carbocycles. The van der Waals surface area contributed by atoms with Gasteiger partial charge in [0.1, 0.15) is 5.75 Å². The smallest absolute Gasteiger partial charge is 0.328 e. The molecule has 20 heavy (non-hydrogen) atoms. The number of carboxylic acids is 1. The van der Waals surface area contributed by atoms with Crippen molar-refractivity contribution < 1.29 is 24.5 Å². The first kappa shape index (κ1) is 16.3. The number of benzene rings is 1. The number of nitrogens with one attached hydrogen (secondary N) is 1. The number of aliphatic hydroxyl groups is 1. The number of carbonyl (C=O) groups excluding carboxylic acids is 1. The van der Waals surface area contributed by atoms with Crippen LogP contribution in [0, 0.1) is 0 Å². The first-order valence-electron chi connectivity index (χ1n) is 5.95. The standard InChI is InChI=1S/C13H16ClNO5/c1-7(16)11(13(18)19)15-12(17)8(2)20-10-6-4-3-5-9(10)14/h3-8,11,16H,1-2H3,(H,15,17)(H,18,19). The summed E-state index contributed by atoms with van der Waals surface area (Å²) in [5, 5.41) is 20.7. The average molecular weight is 302 g/mol. The fourth-order valence-electron chi connectivity index (χ4n) is 1.44. The van der Waals surface area contributed by atoms with Gasteiger partial charge in [-0.05, 0) is 26.0 Å². The quantitative estimate of drug-likeness (QED) is 0.730. The molecule has 0 aliphatic heterocycles. The molecule has 110 valence electrons. The molecule has 0 radical (unpaired) electrons. The number of aliphatic hydroxyl groups excluding tert-OH is 1. The monoisotopic (exact) mass is 301 g/mol. The molecule has 1 amide bonds. The Morgan fingerprint density at radius 2 is 1.90 bits per heavy atom. The van der Waals surface area contributed by atoms with Gasteiger partial charge in [-0.15, -0.1) is 0 Å². The summed E-state index contributed by atoms with van der Waals surface area (Å²) in [6, 6.07) is 5.22. The van der Waals surface area contributed by atoms with Crippen LogP contribution in [0.3, 0.4) is 0 Å². The van der Waals surface area contributed by atoms with Crippen molar-refractivity contribution in [2.24, 2.45) is 0 Å². The number of amides is 1. The Kier molecular flexibility index (Phi) is 5.79. The topological polar surface area (TPSA) is 95.9 Å². The van der Waals surface area contributed by atoms with E-state index >= 15 is 0 Å². The summed E-state index contributed by atoms with van der Waals surface area (Å²) in [6.07, 6.45) is -2.17. The van der Waals surface area contributed by atoms with Crippen molar-refractivity contribution in [2.75, 3.05) is 0 Å². The summed E-state index contributed by atoms with van der Waals surface area (Å²) in [5.41, 5.74) is 0. The van der Waals surface area contributed by atoms with Crippen molar-refractivity contribution in [3.05, 3.63) is 29.3 Å². The minimum atomic E-state index is -1.39. The van der Waals surface area contributed by atoms with Crippen molar-refractivity contribution in [2.45, 2.75) is 32.1 Å². The number of para-hydroxylation sites is 1. The highest BCUT2D eigenvalue weighted by Gasteiger charge is 2.27. The highest BCUT2D eigenvalue weighted by atomic mass is 35.5. The highest BCUT2D eigenvalue weighted by Crippen LogP contribution is 2.24. The molecule has 0 bridgehead atoms. The van der Waals surface area contributed by atoms with E-state index in [4.69, 9.17) is 21.4 Å². The molecule has 0 aliphatic rings. The molecule has 0 saturated carbocycles. The molecular weight excluding hydrogens is 286 g/mol. The van der Waals surface area contributed by atoms with Crippen molar-refractivity contribution in [3.63, 3.8) is 0 Å². The van der Waals surface area contributed by atoms with Crippen LogP contribution in [0.25, 0.3) is 0 Å². The zero-order chi connectivity index (χ0) is 15.3. The summed E-state index contributed by atoms with van der Waals surface area (Å²) < 4.78 is 5.35. The minimum absolute atomic E-state index is 0.320. The van der Waals surface area contributed by atoms with Gasteiger partial charge in [-0.25, -0.2) is 4.79 Å². The van der Waals surface area contributed by atoms with E-state index in [1.54, 1.807) is 24.3 Å². The first-order valence-corrected chi connectivity index (χ1v) is 6.33. The molecule has 7 heteroatoms. The van der Waals surface area contributed by atoms with Crippen LogP contribution in [-0.4, -0.2) is 40.3 Å². The predicted octanol–water partition coefficient (Wildman–Crippen LogP) is 1.06. The molecule has 0 aromatic heterocycles. The Hall–Kier alpha value is -1.79. The fourth-order valence-corrected chi connectivity index (χ4v) is 1.62. The number of carboxylic acid groups (broad SMARTS) is 1. The van der Waals surface area contributed by atoms with E-state index in [9.17, 15) is 14.7 Å². The molecule has 0 fully saturated rings. The van der Waals surface area contributed by atoms with E-state index < -0.39 is 30.1 Å². The zero-order valence-corrected chi connectivity index (χ0v) is 11.8. The van der Waals surface area contributed by atoms with Crippen molar-refractivity contribution >= 4 is 23.5 Å². The summed E-state index contributed by atoms with van der Waals surface area (Å²) in [6.45, 7) is 2.73. The molecular formula is C13H16ClNO5. The molecule has 1 rings (SSSR count). The number of rotatable bonds is 6. The van der Waals surface area contributed by atoms with Gasteiger partial charge in [0, 0.05) is 0 Å². The van der Waals surface area contributed by atoms with Gasteiger partial charge in [-0.2, -0.15) is 0 Å². The SMILES string of the molecule is CC(Oc1ccccc1Cl)C(=O)NC(C(=O)O)C(C)O. The van der Waals surface area contributed by atoms with E-state index in [1.807, 2.05) is 0 Å². The second-order valence-corrected chi connectivity index (χ2v) is 4.66. The van der Waals surface area contributed by atoms with Crippen LogP contribution in [0.15, 0.2) is 24.3 Å². The Bertz CT molecular complexity index is 491. The van der Waals surface area contributed by atoms with E-state index in [1.165, 1.54) is 13.8 Å². The maximum Gasteiger partial charge on any atom is 0.328 e. The van der Waals surface area contributed by atoms with Gasteiger partial charge in [-0.1, -0.05) is 23.7 Å². The number of hydrogen-bond donors (Lipinski definition) is 3. The van der Waals surface area contributed by atoms with Gasteiger partial charge in [0.25, 0.3) is 5.91 Å². The van der Waals surface area contributed by atoms with Crippen LogP contribution in [-0.2, 0) is 9.59 Å². The highest BCUT2D eigenvalue weighted by molar-refractivity contribution is 6.32. The molecule has 0 spiro atoms. The van der Waals surface area contributed by atoms with Gasteiger partial charge < -0.3 is 20.3 Å². The normalized spacial score (nSPS) is 15.0. The van der Waals surface area contributed by atoms with E-state index in [-0.39, 0.29) is 0 Å². The summed E-state index contributed by atoms with van der Waals surface area (Å²) >= 11 is 5.89. The molecule has 3 unspecified atom stereocenters. The number of halogens is 1. The molecule has 3 atom stereocenters. The third kappa shape index (κ3) is 4.40. The largest absolute Gasteiger partial charge is 0.480 e. The van der Waals surface area contributed by atoms with Crippen molar-refractivity contribution in [3.8, 4) is 5.75 Å². The lowest BCUT2D eigenvalue weighted by Crippen LogP contribution is -2.51. The van der Waals surface area contributed by atoms with E-state index in [2.05, 4.69) is 5.32 Å². The molecule has 3 N–H and O–H groups in total. The van der Waals surface area contributed by atoms with Crippen LogP contribution < -0.4 is 10.1 Å². The van der Waals surface area contributed by atoms with Crippen LogP contribution in [0.2, 0.25) is 5.02 Å². The van der Waals surface area contributed by atoms with E-state index in [0.717, 1.165) is 0 Å². The number of hydrogen-bond acceptors (Lipinski definition) is 4. The molecule has 6 nitrogen and oxygen atoms in total. The van der Waals surface area contributed by atoms with Crippen LogP contribution in [0.4, 0.5) is 0 Å². The molecule has 0 saturated heterocycles. The van der Waals surface area contributed by atoms with E-state index in [0.29, 0.717) is 10.8 Å². The van der Waals surface area contributed by atoms with Crippen LogP contribution in [0.5, 0.6) is 5.75 Å². The lowest BCUT2D eigenvalue weighted by molar-refractivity contribution is -0.145. The minimum Gasteiger partial charge on any atom is -0.480 e. The Balaban J connectivity index is 2.68. The lowest BCUT2D eigenvalue weighted by Gasteiger charge is -2.20. The molecule has 0 heterocycles. The summed E-state index contributed by atoms with van der Waals surface area (Å²) in [5.74, 6) is -1.66. The van der Waals surface area contributed by atoms with Gasteiger partial charge in [0.05, 0.1) is 11.1 Å². The summed E-state index contributed by atoms with van der Waals surface area (Å²) in [7, 11) is 0. The zero-order valence-electron chi connectivity index (χ0n) is 11.0. The Labute approximate surface area is 121 Å². The van der Waals surface area contributed by atoms with Crippen molar-refractivity contribution in [1.29, 1.82) is 0 Å². The van der Waals surface area contributed by atoms with Gasteiger partial charge >= 0.3 is 5.97 Å². The Morgan fingerprint density at radius 3 is 2.40 bits per heavy atom. The predicted molar refractivity (Wildman–Crippen MR) is 72.8 cm³/mol. The Morgan fingerprint density at radius 1 is 1.30 bits per heavy atom. The second-order valence-electron chi connectivity index (χ2n) is 4.26.